The van der Waals surface area contributed by atoms with E-state index in [0.717, 1.165) is 37.3 Å². The van der Waals surface area contributed by atoms with Crippen molar-refractivity contribution in [3.05, 3.63) is 59.2 Å². The Morgan fingerprint density at radius 1 is 1.00 bits per heavy atom. The molecule has 0 fully saturated rings. The van der Waals surface area contributed by atoms with Crippen LogP contribution in [-0.4, -0.2) is 5.78 Å². The lowest BCUT2D eigenvalue weighted by Gasteiger charge is -2.13. The number of rotatable bonds is 2. The van der Waals surface area contributed by atoms with Crippen molar-refractivity contribution in [3.8, 4) is 11.1 Å². The topological polar surface area (TPSA) is 17.1 Å². The Hall–Kier alpha value is -2.24. The highest BCUT2D eigenvalue weighted by Crippen LogP contribution is 2.35. The van der Waals surface area contributed by atoms with Crippen LogP contribution in [0.3, 0.4) is 0 Å². The van der Waals surface area contributed by atoms with E-state index in [-0.39, 0.29) is 11.1 Å². The summed E-state index contributed by atoms with van der Waals surface area (Å²) >= 11 is 0. The Bertz CT molecular complexity index is 704. The first-order valence-electron chi connectivity index (χ1n) is 5.88. The lowest BCUT2D eigenvalue weighted by molar-refractivity contribution is -0.137. The van der Waals surface area contributed by atoms with E-state index in [4.69, 9.17) is 0 Å². The van der Waals surface area contributed by atoms with Crippen LogP contribution >= 0.6 is 0 Å². The maximum Gasteiger partial charge on any atom is 0.417 e. The van der Waals surface area contributed by atoms with Crippen molar-refractivity contribution < 1.29 is 26.7 Å². The molecule has 0 radical (unpaired) electrons. The Kier molecular flexibility index (Phi) is 3.80. The summed E-state index contributed by atoms with van der Waals surface area (Å²) in [5, 5.41) is 0. The second kappa shape index (κ2) is 5.27. The molecule has 2 aromatic carbocycles. The summed E-state index contributed by atoms with van der Waals surface area (Å²) in [4.78, 5) is 11.2. The normalized spacial score (nSPS) is 11.5. The molecule has 1 nitrogen and oxygen atoms in total. The fourth-order valence-electron chi connectivity index (χ4n) is 1.97. The summed E-state index contributed by atoms with van der Waals surface area (Å²) in [5.41, 5.74) is -2.13. The summed E-state index contributed by atoms with van der Waals surface area (Å²) in [6, 6.07) is 5.27. The molecule has 0 aliphatic heterocycles. The van der Waals surface area contributed by atoms with Crippen molar-refractivity contribution in [2.45, 2.75) is 13.1 Å². The van der Waals surface area contributed by atoms with E-state index < -0.39 is 34.7 Å². The molecule has 6 heteroatoms. The zero-order chi connectivity index (χ0) is 15.8. The van der Waals surface area contributed by atoms with Crippen molar-refractivity contribution in [2.75, 3.05) is 0 Å². The molecule has 0 bridgehead atoms. The molecule has 2 aromatic rings. The minimum absolute atomic E-state index is 0.149. The van der Waals surface area contributed by atoms with Gasteiger partial charge in [0.15, 0.2) is 5.78 Å². The molecule has 0 heterocycles. The average Bonchev–Trinajstić information content (AvgIpc) is 2.40. The number of hydrogen-bond donors (Lipinski definition) is 0. The summed E-state index contributed by atoms with van der Waals surface area (Å²) in [6.45, 7) is 1.01. The first kappa shape index (κ1) is 15.2. The predicted octanol–water partition coefficient (Wildman–Crippen LogP) is 4.85. The minimum Gasteiger partial charge on any atom is -0.294 e. The Balaban J connectivity index is 2.67. The standard InChI is InChI=1S/C15H9F5O/c1-8(21)11-4-2-9(6-13(11)15(18,19)20)12-7-10(16)3-5-14(12)17/h2-7H,1H3. The molecule has 21 heavy (non-hydrogen) atoms. The van der Waals surface area contributed by atoms with Gasteiger partial charge in [-0.2, -0.15) is 13.2 Å². The highest BCUT2D eigenvalue weighted by Gasteiger charge is 2.34. The fraction of sp³-hybridized carbons (Fsp3) is 0.133. The molecule has 0 saturated carbocycles. The third-order valence-electron chi connectivity index (χ3n) is 2.94. The monoisotopic (exact) mass is 300 g/mol. The number of carbonyl (C=O) groups is 1. The fourth-order valence-corrected chi connectivity index (χ4v) is 1.97. The van der Waals surface area contributed by atoms with Gasteiger partial charge < -0.3 is 0 Å². The second-order valence-electron chi connectivity index (χ2n) is 4.44. The summed E-state index contributed by atoms with van der Waals surface area (Å²) in [6.07, 6.45) is -4.76. The predicted molar refractivity (Wildman–Crippen MR) is 66.8 cm³/mol. The van der Waals surface area contributed by atoms with Gasteiger partial charge >= 0.3 is 6.18 Å². The first-order chi connectivity index (χ1) is 9.70. The zero-order valence-electron chi connectivity index (χ0n) is 10.8. The lowest BCUT2D eigenvalue weighted by atomic mass is 9.96. The smallest absolute Gasteiger partial charge is 0.294 e. The van der Waals surface area contributed by atoms with Gasteiger partial charge in [0, 0.05) is 11.1 Å². The highest BCUT2D eigenvalue weighted by atomic mass is 19.4. The first-order valence-corrected chi connectivity index (χ1v) is 5.88. The maximum atomic E-state index is 13.6. The molecule has 2 rings (SSSR count). The molecule has 0 aromatic heterocycles. The van der Waals surface area contributed by atoms with Crippen LogP contribution in [-0.2, 0) is 6.18 Å². The van der Waals surface area contributed by atoms with Crippen LogP contribution in [0.2, 0.25) is 0 Å². The van der Waals surface area contributed by atoms with Gasteiger partial charge in [-0.25, -0.2) is 8.78 Å². The number of alkyl halides is 3. The summed E-state index contributed by atoms with van der Waals surface area (Å²) in [7, 11) is 0. The summed E-state index contributed by atoms with van der Waals surface area (Å²) < 4.78 is 65.7. The Labute approximate surface area is 117 Å². The van der Waals surface area contributed by atoms with Crippen molar-refractivity contribution >= 4 is 5.78 Å². The van der Waals surface area contributed by atoms with Crippen molar-refractivity contribution in [1.29, 1.82) is 0 Å². The molecule has 0 aliphatic carbocycles. The number of halogens is 5. The Morgan fingerprint density at radius 3 is 2.24 bits per heavy atom. The third-order valence-corrected chi connectivity index (χ3v) is 2.94. The molecule has 0 spiro atoms. The molecule has 0 atom stereocenters. The number of carbonyl (C=O) groups excluding carboxylic acids is 1. The quantitative estimate of drug-likeness (QED) is 0.572. The molecular formula is C15H9F5O. The van der Waals surface area contributed by atoms with Crippen LogP contribution < -0.4 is 0 Å². The van der Waals surface area contributed by atoms with Crippen LogP contribution in [0.4, 0.5) is 22.0 Å². The largest absolute Gasteiger partial charge is 0.417 e. The number of ketones is 1. The SMILES string of the molecule is CC(=O)c1ccc(-c2cc(F)ccc2F)cc1C(F)(F)F. The van der Waals surface area contributed by atoms with E-state index >= 15 is 0 Å². The van der Waals surface area contributed by atoms with Crippen LogP contribution in [0.15, 0.2) is 36.4 Å². The number of hydrogen-bond acceptors (Lipinski definition) is 1. The molecule has 0 aliphatic rings. The summed E-state index contributed by atoms with van der Waals surface area (Å²) in [5.74, 6) is -2.37. The van der Waals surface area contributed by atoms with Crippen LogP contribution in [0.5, 0.6) is 0 Å². The number of Topliss-reactive ketones (excluding diaryl/α,β-unsaturated/α-hetero) is 1. The molecular weight excluding hydrogens is 291 g/mol. The zero-order valence-corrected chi connectivity index (χ0v) is 10.8. The Morgan fingerprint density at radius 2 is 1.67 bits per heavy atom. The van der Waals surface area contributed by atoms with E-state index in [2.05, 4.69) is 0 Å². The van der Waals surface area contributed by atoms with E-state index in [1.807, 2.05) is 0 Å². The van der Waals surface area contributed by atoms with Gasteiger partial charge in [-0.15, -0.1) is 0 Å². The van der Waals surface area contributed by atoms with E-state index in [1.165, 1.54) is 0 Å². The van der Waals surface area contributed by atoms with Crippen molar-refractivity contribution in [1.82, 2.24) is 0 Å². The van der Waals surface area contributed by atoms with Gasteiger partial charge in [0.25, 0.3) is 0 Å². The molecule has 110 valence electrons. The van der Waals surface area contributed by atoms with Gasteiger partial charge in [0.05, 0.1) is 5.56 Å². The second-order valence-corrected chi connectivity index (χ2v) is 4.44. The van der Waals surface area contributed by atoms with E-state index in [9.17, 15) is 26.7 Å². The van der Waals surface area contributed by atoms with Crippen LogP contribution in [0.25, 0.3) is 11.1 Å². The van der Waals surface area contributed by atoms with Gasteiger partial charge in [0.1, 0.15) is 11.6 Å². The van der Waals surface area contributed by atoms with E-state index in [1.54, 1.807) is 0 Å². The molecule has 0 N–H and O–H groups in total. The van der Waals surface area contributed by atoms with Gasteiger partial charge in [-0.05, 0) is 36.8 Å². The van der Waals surface area contributed by atoms with Crippen LogP contribution in [0.1, 0.15) is 22.8 Å². The average molecular weight is 300 g/mol. The van der Waals surface area contributed by atoms with Gasteiger partial charge in [0.2, 0.25) is 0 Å². The van der Waals surface area contributed by atoms with Gasteiger partial charge in [-0.3, -0.25) is 4.79 Å². The molecule has 0 amide bonds. The van der Waals surface area contributed by atoms with Crippen LogP contribution in [0, 0.1) is 11.6 Å². The molecule has 0 unspecified atom stereocenters. The maximum absolute atomic E-state index is 13.6. The van der Waals surface area contributed by atoms with Crippen molar-refractivity contribution in [2.24, 2.45) is 0 Å². The van der Waals surface area contributed by atoms with Gasteiger partial charge in [-0.1, -0.05) is 12.1 Å². The molecule has 0 saturated heterocycles. The number of benzene rings is 2. The lowest BCUT2D eigenvalue weighted by Crippen LogP contribution is -2.12. The van der Waals surface area contributed by atoms with E-state index in [0.29, 0.717) is 6.07 Å². The highest BCUT2D eigenvalue weighted by molar-refractivity contribution is 5.96. The third kappa shape index (κ3) is 3.09. The minimum atomic E-state index is -4.76. The van der Waals surface area contributed by atoms with Crippen molar-refractivity contribution in [3.63, 3.8) is 0 Å².